The molecule has 0 radical (unpaired) electrons. The minimum absolute atomic E-state index is 0. The summed E-state index contributed by atoms with van der Waals surface area (Å²) in [7, 11) is -8.01. The van der Waals surface area contributed by atoms with Crippen LogP contribution in [-0.2, 0) is 38.9 Å². The number of nitrogens with one attached hydrogen (secondary N) is 4. The number of aromatic amines is 2. The summed E-state index contributed by atoms with van der Waals surface area (Å²) in [6.45, 7) is 0.0984. The summed E-state index contributed by atoms with van der Waals surface area (Å²) in [4.78, 5) is 56.8. The van der Waals surface area contributed by atoms with E-state index >= 15 is 0 Å². The van der Waals surface area contributed by atoms with Crippen molar-refractivity contribution < 1.29 is 43.2 Å². The van der Waals surface area contributed by atoms with E-state index in [4.69, 9.17) is 11.0 Å². The first-order valence-electron chi connectivity index (χ1n) is 15.9. The lowest BCUT2D eigenvalue weighted by atomic mass is 9.96. The third-order valence-corrected chi connectivity index (χ3v) is 9.00. The lowest BCUT2D eigenvalue weighted by Crippen LogP contribution is -2.43. The summed E-state index contributed by atoms with van der Waals surface area (Å²) in [5.41, 5.74) is -2.03. The zero-order chi connectivity index (χ0) is 43.1. The summed E-state index contributed by atoms with van der Waals surface area (Å²) in [5, 5.41) is 8.34. The van der Waals surface area contributed by atoms with Crippen LogP contribution in [0.3, 0.4) is 0 Å². The van der Waals surface area contributed by atoms with Gasteiger partial charge in [-0.1, -0.05) is 30.3 Å². The van der Waals surface area contributed by atoms with Crippen LogP contribution in [0, 0.1) is 11.3 Å². The van der Waals surface area contributed by atoms with Crippen LogP contribution in [0.2, 0.25) is 0 Å². The molecule has 59 heavy (non-hydrogen) atoms. The van der Waals surface area contributed by atoms with Crippen molar-refractivity contribution in [3.05, 3.63) is 137 Å². The van der Waals surface area contributed by atoms with E-state index in [1.54, 1.807) is 15.7 Å². The topological polar surface area (TPSA) is 252 Å². The maximum atomic E-state index is 13.7. The average Bonchev–Trinajstić information content (AvgIpc) is 3.13. The molecule has 312 valence electrons. The Kier molecular flexibility index (Phi) is 12.6. The first kappa shape index (κ1) is 45.3. The SMILES string of the molecule is CS(=O)(=O)Nn1c(=O)[nH]c2cc(C(F)(F)F)c(-c3cccc(C#N)c3)cc2c1=O.CS(=O)(=O)Nn1c(=O)[nH]c2cc(C(F)(F)F)c(-c3cccc(CN)c3)cc2c1=O.Cl. The van der Waals surface area contributed by atoms with Crippen LogP contribution in [0.1, 0.15) is 22.3 Å². The smallest absolute Gasteiger partial charge is 0.326 e. The molecule has 2 aromatic heterocycles. The zero-order valence-corrected chi connectivity index (χ0v) is 32.3. The Morgan fingerprint density at radius 1 is 0.678 bits per heavy atom. The van der Waals surface area contributed by atoms with Gasteiger partial charge in [0.1, 0.15) is 0 Å². The number of rotatable bonds is 7. The number of benzene rings is 4. The number of halogens is 7. The van der Waals surface area contributed by atoms with Gasteiger partial charge in [0.05, 0.1) is 57.1 Å². The molecule has 6 N–H and O–H groups in total. The fraction of sp³-hybridized carbons (Fsp3) is 0.147. The number of alkyl halides is 6. The predicted molar refractivity (Wildman–Crippen MR) is 207 cm³/mol. The minimum Gasteiger partial charge on any atom is -0.326 e. The third kappa shape index (κ3) is 10.2. The molecule has 0 saturated heterocycles. The van der Waals surface area contributed by atoms with Gasteiger partial charge in [-0.05, 0) is 70.3 Å². The molecule has 0 aliphatic carbocycles. The Balaban J connectivity index is 0.000000256. The van der Waals surface area contributed by atoms with E-state index in [-0.39, 0.29) is 66.8 Å². The van der Waals surface area contributed by atoms with Crippen molar-refractivity contribution in [2.24, 2.45) is 5.73 Å². The fourth-order valence-electron chi connectivity index (χ4n) is 5.59. The molecule has 0 unspecified atom stereocenters. The maximum Gasteiger partial charge on any atom is 0.417 e. The Morgan fingerprint density at radius 2 is 1.08 bits per heavy atom. The Labute approximate surface area is 333 Å². The van der Waals surface area contributed by atoms with Crippen LogP contribution in [0.4, 0.5) is 26.3 Å². The lowest BCUT2D eigenvalue weighted by Gasteiger charge is -2.16. The molecule has 6 rings (SSSR count). The van der Waals surface area contributed by atoms with Crippen LogP contribution >= 0.6 is 12.4 Å². The molecular formula is C34H27ClF6N8O8S2. The second-order valence-corrected chi connectivity index (χ2v) is 15.8. The first-order chi connectivity index (χ1) is 26.8. The molecule has 4 aromatic carbocycles. The summed E-state index contributed by atoms with van der Waals surface area (Å²) >= 11 is 0. The molecule has 0 atom stereocenters. The number of hydrogen-bond donors (Lipinski definition) is 5. The van der Waals surface area contributed by atoms with Crippen LogP contribution < -0.4 is 37.9 Å². The molecular weight excluding hydrogens is 862 g/mol. The van der Waals surface area contributed by atoms with E-state index in [2.05, 4.69) is 9.97 Å². The number of H-pyrrole nitrogens is 2. The van der Waals surface area contributed by atoms with Crippen LogP contribution in [0.5, 0.6) is 0 Å². The largest absolute Gasteiger partial charge is 0.417 e. The molecule has 0 aliphatic rings. The van der Waals surface area contributed by atoms with Crippen molar-refractivity contribution in [3.63, 3.8) is 0 Å². The second-order valence-electron chi connectivity index (χ2n) is 12.3. The number of hydrogen-bond acceptors (Lipinski definition) is 10. The van der Waals surface area contributed by atoms with Gasteiger partial charge in [0, 0.05) is 6.54 Å². The normalized spacial score (nSPS) is 11.9. The van der Waals surface area contributed by atoms with Crippen LogP contribution in [-0.4, -0.2) is 48.7 Å². The van der Waals surface area contributed by atoms with E-state index in [1.165, 1.54) is 42.5 Å². The molecule has 2 heterocycles. The lowest BCUT2D eigenvalue weighted by molar-refractivity contribution is -0.137. The quantitative estimate of drug-likeness (QED) is 0.146. The average molecular weight is 889 g/mol. The van der Waals surface area contributed by atoms with Gasteiger partial charge in [-0.25, -0.2) is 36.1 Å². The highest BCUT2D eigenvalue weighted by Crippen LogP contribution is 2.40. The summed E-state index contributed by atoms with van der Waals surface area (Å²) in [6, 6.07) is 16.3. The number of nitrogens with zero attached hydrogens (tertiary/aromatic N) is 3. The number of aromatic nitrogens is 4. The Hall–Kier alpha value is -6.42. The maximum absolute atomic E-state index is 13.7. The van der Waals surface area contributed by atoms with Gasteiger partial charge >= 0.3 is 23.7 Å². The molecule has 6 aromatic rings. The molecule has 16 nitrogen and oxygen atoms in total. The highest BCUT2D eigenvalue weighted by molar-refractivity contribution is 7.91. The molecule has 0 spiro atoms. The van der Waals surface area contributed by atoms with Crippen molar-refractivity contribution in [1.29, 1.82) is 5.26 Å². The van der Waals surface area contributed by atoms with Crippen LogP contribution in [0.15, 0.2) is 92.0 Å². The highest BCUT2D eigenvalue weighted by atomic mass is 35.5. The standard InChI is InChI=1S/C17H15F3N4O4S.C17H11F3N4O4S.ClH/c2*1-29(27,28)23-24-15(25)12-6-11(10-4-2-3-9(5-10)8-21)13(17(18,19)20)7-14(12)22-16(24)26;/h2-7,23H,8,21H2,1H3,(H,22,26);2-7,23H,1H3,(H,22,26);1H. The van der Waals surface area contributed by atoms with Gasteiger partial charge in [0.2, 0.25) is 20.0 Å². The Bertz CT molecular complexity index is 3160. The highest BCUT2D eigenvalue weighted by Gasteiger charge is 2.36. The summed E-state index contributed by atoms with van der Waals surface area (Å²) in [6.07, 6.45) is -8.18. The predicted octanol–water partition coefficient (Wildman–Crippen LogP) is 3.51. The number of nitrogens with two attached hydrogens (primary N) is 1. The van der Waals surface area contributed by atoms with Gasteiger partial charge in [0.15, 0.2) is 0 Å². The van der Waals surface area contributed by atoms with E-state index < -0.39 is 77.1 Å². The van der Waals surface area contributed by atoms with Crippen molar-refractivity contribution in [3.8, 4) is 28.3 Å². The van der Waals surface area contributed by atoms with E-state index in [0.29, 0.717) is 24.0 Å². The molecule has 0 aliphatic heterocycles. The summed E-state index contributed by atoms with van der Waals surface area (Å²) in [5.74, 6) is 0. The van der Waals surface area contributed by atoms with Gasteiger partial charge in [-0.2, -0.15) is 41.0 Å². The fourth-order valence-corrected chi connectivity index (χ4v) is 6.59. The number of nitriles is 1. The second kappa shape index (κ2) is 16.4. The van der Waals surface area contributed by atoms with Crippen molar-refractivity contribution in [2.75, 3.05) is 22.2 Å². The molecule has 0 saturated carbocycles. The third-order valence-electron chi connectivity index (χ3n) is 7.97. The molecule has 0 bridgehead atoms. The molecule has 0 amide bonds. The number of sulfonamides is 2. The first-order valence-corrected chi connectivity index (χ1v) is 19.7. The molecule has 25 heteroatoms. The van der Waals surface area contributed by atoms with Gasteiger partial charge in [-0.15, -0.1) is 12.4 Å². The number of fused-ring (bicyclic) bond motifs is 2. The Morgan fingerprint density at radius 3 is 1.46 bits per heavy atom. The monoisotopic (exact) mass is 888 g/mol. The molecule has 0 fully saturated rings. The van der Waals surface area contributed by atoms with Gasteiger partial charge in [-0.3, -0.25) is 9.59 Å². The van der Waals surface area contributed by atoms with Gasteiger partial charge in [0.25, 0.3) is 11.1 Å². The van der Waals surface area contributed by atoms with E-state index in [9.17, 15) is 62.4 Å². The van der Waals surface area contributed by atoms with E-state index in [1.807, 2.05) is 6.07 Å². The minimum atomic E-state index is -4.83. The van der Waals surface area contributed by atoms with Crippen molar-refractivity contribution in [1.82, 2.24) is 19.3 Å². The van der Waals surface area contributed by atoms with Crippen molar-refractivity contribution in [2.45, 2.75) is 18.9 Å². The van der Waals surface area contributed by atoms with Crippen LogP contribution in [0.25, 0.3) is 44.1 Å². The van der Waals surface area contributed by atoms with Gasteiger partial charge < -0.3 is 15.7 Å². The zero-order valence-electron chi connectivity index (χ0n) is 29.8. The van der Waals surface area contributed by atoms with Crippen molar-refractivity contribution >= 4 is 54.3 Å². The summed E-state index contributed by atoms with van der Waals surface area (Å²) < 4.78 is 128. The van der Waals surface area contributed by atoms with E-state index in [0.717, 1.165) is 18.4 Å².